The molecule has 1 heterocycles. The molecule has 15 heavy (non-hydrogen) atoms. The van der Waals surface area contributed by atoms with Crippen LogP contribution in [0.4, 0.5) is 0 Å². The van der Waals surface area contributed by atoms with Crippen molar-refractivity contribution in [2.75, 3.05) is 13.7 Å². The van der Waals surface area contributed by atoms with Crippen molar-refractivity contribution in [2.45, 2.75) is 39.8 Å². The third-order valence-corrected chi connectivity index (χ3v) is 2.97. The highest BCUT2D eigenvalue weighted by Crippen LogP contribution is 2.19. The van der Waals surface area contributed by atoms with E-state index in [-0.39, 0.29) is 12.1 Å². The number of furan rings is 1. The van der Waals surface area contributed by atoms with Gasteiger partial charge in [0.25, 0.3) is 0 Å². The largest absolute Gasteiger partial charge is 0.466 e. The zero-order valence-corrected chi connectivity index (χ0v) is 10.3. The first-order chi connectivity index (χ1) is 6.86. The first-order valence-electron chi connectivity index (χ1n) is 5.25. The summed E-state index contributed by atoms with van der Waals surface area (Å²) in [5.41, 5.74) is 0.994. The minimum absolute atomic E-state index is 0.152. The Morgan fingerprint density at radius 3 is 2.40 bits per heavy atom. The maximum absolute atomic E-state index is 9.25. The number of aliphatic hydroxyl groups is 1. The molecule has 0 atom stereocenters. The van der Waals surface area contributed by atoms with Crippen molar-refractivity contribution >= 4 is 0 Å². The lowest BCUT2D eigenvalue weighted by Crippen LogP contribution is -2.43. The second kappa shape index (κ2) is 4.37. The maximum Gasteiger partial charge on any atom is 0.105 e. The highest BCUT2D eigenvalue weighted by atomic mass is 16.3. The maximum atomic E-state index is 9.25. The predicted octanol–water partition coefficient (Wildman–Crippen LogP) is 2.10. The molecular weight excluding hydrogens is 190 g/mol. The summed E-state index contributed by atoms with van der Waals surface area (Å²) in [5, 5.41) is 9.25. The Bertz CT molecular complexity index is 328. The van der Waals surface area contributed by atoms with Crippen LogP contribution in [0.5, 0.6) is 0 Å². The lowest BCUT2D eigenvalue weighted by molar-refractivity contribution is 0.0730. The first-order valence-corrected chi connectivity index (χ1v) is 5.25. The zero-order chi connectivity index (χ0) is 11.6. The molecule has 0 radical (unpaired) electrons. The van der Waals surface area contributed by atoms with Crippen molar-refractivity contribution < 1.29 is 9.52 Å². The van der Waals surface area contributed by atoms with Gasteiger partial charge in [-0.3, -0.25) is 4.90 Å². The average molecular weight is 211 g/mol. The molecule has 0 aromatic carbocycles. The lowest BCUT2D eigenvalue weighted by atomic mass is 10.0. The van der Waals surface area contributed by atoms with Gasteiger partial charge in [-0.05, 0) is 40.8 Å². The van der Waals surface area contributed by atoms with E-state index in [9.17, 15) is 5.11 Å². The zero-order valence-electron chi connectivity index (χ0n) is 10.3. The fourth-order valence-corrected chi connectivity index (χ4v) is 1.43. The summed E-state index contributed by atoms with van der Waals surface area (Å²) in [6, 6.07) is 2.05. The van der Waals surface area contributed by atoms with E-state index >= 15 is 0 Å². The van der Waals surface area contributed by atoms with Crippen LogP contribution in [0, 0.1) is 13.8 Å². The number of rotatable bonds is 4. The van der Waals surface area contributed by atoms with Crippen LogP contribution in [0.15, 0.2) is 10.5 Å². The van der Waals surface area contributed by atoms with Gasteiger partial charge in [0.1, 0.15) is 11.5 Å². The number of aryl methyl sites for hydroxylation is 2. The summed E-state index contributed by atoms with van der Waals surface area (Å²) in [6.45, 7) is 8.93. The first kappa shape index (κ1) is 12.3. The van der Waals surface area contributed by atoms with Crippen LogP contribution >= 0.6 is 0 Å². The summed E-state index contributed by atoms with van der Waals surface area (Å²) < 4.78 is 5.47. The van der Waals surface area contributed by atoms with Crippen molar-refractivity contribution in [3.8, 4) is 0 Å². The van der Waals surface area contributed by atoms with Gasteiger partial charge in [0.15, 0.2) is 0 Å². The Hall–Kier alpha value is -0.800. The topological polar surface area (TPSA) is 36.6 Å². The fraction of sp³-hybridized carbons (Fsp3) is 0.667. The van der Waals surface area contributed by atoms with Crippen molar-refractivity contribution in [2.24, 2.45) is 0 Å². The van der Waals surface area contributed by atoms with Crippen LogP contribution in [0.25, 0.3) is 0 Å². The molecule has 0 aliphatic carbocycles. The normalized spacial score (nSPS) is 12.5. The Labute approximate surface area is 91.7 Å². The quantitative estimate of drug-likeness (QED) is 0.828. The molecule has 1 rings (SSSR count). The van der Waals surface area contributed by atoms with Crippen molar-refractivity contribution in [1.82, 2.24) is 4.90 Å². The molecule has 0 amide bonds. The van der Waals surface area contributed by atoms with E-state index in [4.69, 9.17) is 4.42 Å². The van der Waals surface area contributed by atoms with Gasteiger partial charge in [-0.15, -0.1) is 0 Å². The summed E-state index contributed by atoms with van der Waals surface area (Å²) in [7, 11) is 2.01. The van der Waals surface area contributed by atoms with E-state index in [1.807, 2.05) is 34.7 Å². The molecular formula is C12H21NO2. The van der Waals surface area contributed by atoms with E-state index < -0.39 is 0 Å². The van der Waals surface area contributed by atoms with Gasteiger partial charge in [0, 0.05) is 17.6 Å². The van der Waals surface area contributed by atoms with Gasteiger partial charge in [-0.1, -0.05) is 0 Å². The smallest absolute Gasteiger partial charge is 0.105 e. The van der Waals surface area contributed by atoms with E-state index in [0.29, 0.717) is 0 Å². The van der Waals surface area contributed by atoms with Gasteiger partial charge in [0.05, 0.1) is 6.61 Å². The molecule has 0 bridgehead atoms. The van der Waals surface area contributed by atoms with Crippen LogP contribution in [0.2, 0.25) is 0 Å². The SMILES string of the molecule is Cc1cc(CN(C)C(C)(C)CO)c(C)o1. The lowest BCUT2D eigenvalue weighted by Gasteiger charge is -2.33. The molecule has 0 saturated heterocycles. The van der Waals surface area contributed by atoms with E-state index in [2.05, 4.69) is 11.0 Å². The Morgan fingerprint density at radius 1 is 1.40 bits per heavy atom. The molecule has 0 unspecified atom stereocenters. The second-order valence-electron chi connectivity index (χ2n) is 4.77. The second-order valence-corrected chi connectivity index (χ2v) is 4.77. The van der Waals surface area contributed by atoms with Gasteiger partial charge in [0.2, 0.25) is 0 Å². The van der Waals surface area contributed by atoms with Gasteiger partial charge >= 0.3 is 0 Å². The van der Waals surface area contributed by atoms with Gasteiger partial charge in [-0.2, -0.15) is 0 Å². The number of hydrogen-bond acceptors (Lipinski definition) is 3. The third-order valence-electron chi connectivity index (χ3n) is 2.97. The van der Waals surface area contributed by atoms with E-state index in [0.717, 1.165) is 18.1 Å². The number of hydrogen-bond donors (Lipinski definition) is 1. The van der Waals surface area contributed by atoms with Crippen molar-refractivity contribution in [3.63, 3.8) is 0 Å². The van der Waals surface area contributed by atoms with Crippen LogP contribution in [-0.2, 0) is 6.54 Å². The Morgan fingerprint density at radius 2 is 2.00 bits per heavy atom. The molecule has 1 N–H and O–H groups in total. The standard InChI is InChI=1S/C12H21NO2/c1-9-6-11(10(2)15-9)7-13(5)12(3,4)8-14/h6,14H,7-8H2,1-5H3. The summed E-state index contributed by atoms with van der Waals surface area (Å²) in [6.07, 6.45) is 0. The molecule has 3 nitrogen and oxygen atoms in total. The number of likely N-dealkylation sites (N-methyl/N-ethyl adjacent to an activating group) is 1. The molecule has 1 aromatic rings. The number of aliphatic hydroxyl groups excluding tert-OH is 1. The molecule has 86 valence electrons. The third kappa shape index (κ3) is 2.83. The summed E-state index contributed by atoms with van der Waals surface area (Å²) in [4.78, 5) is 2.13. The molecule has 0 saturated carbocycles. The Balaban J connectivity index is 2.74. The van der Waals surface area contributed by atoms with Crippen molar-refractivity contribution in [3.05, 3.63) is 23.2 Å². The van der Waals surface area contributed by atoms with Crippen LogP contribution in [-0.4, -0.2) is 29.2 Å². The highest BCUT2D eigenvalue weighted by molar-refractivity contribution is 5.20. The molecule has 3 heteroatoms. The summed E-state index contributed by atoms with van der Waals surface area (Å²) in [5.74, 6) is 1.91. The molecule has 0 fully saturated rings. The average Bonchev–Trinajstić information content (AvgIpc) is 2.45. The van der Waals surface area contributed by atoms with Crippen LogP contribution in [0.1, 0.15) is 30.9 Å². The minimum atomic E-state index is -0.197. The molecule has 0 spiro atoms. The monoisotopic (exact) mass is 211 g/mol. The number of nitrogens with zero attached hydrogens (tertiary/aromatic N) is 1. The predicted molar refractivity (Wildman–Crippen MR) is 60.8 cm³/mol. The molecule has 0 aliphatic heterocycles. The van der Waals surface area contributed by atoms with E-state index in [1.165, 1.54) is 5.56 Å². The van der Waals surface area contributed by atoms with Crippen LogP contribution in [0.3, 0.4) is 0 Å². The van der Waals surface area contributed by atoms with E-state index in [1.54, 1.807) is 0 Å². The van der Waals surface area contributed by atoms with Crippen molar-refractivity contribution in [1.29, 1.82) is 0 Å². The molecule has 1 aromatic heterocycles. The fourth-order valence-electron chi connectivity index (χ4n) is 1.43. The summed E-state index contributed by atoms with van der Waals surface area (Å²) >= 11 is 0. The van der Waals surface area contributed by atoms with Gasteiger partial charge in [-0.25, -0.2) is 0 Å². The minimum Gasteiger partial charge on any atom is -0.466 e. The highest BCUT2D eigenvalue weighted by Gasteiger charge is 2.23. The Kier molecular flexibility index (Phi) is 3.58. The molecule has 0 aliphatic rings. The van der Waals surface area contributed by atoms with Crippen LogP contribution < -0.4 is 0 Å². The van der Waals surface area contributed by atoms with Gasteiger partial charge < -0.3 is 9.52 Å².